The summed E-state index contributed by atoms with van der Waals surface area (Å²) in [6.45, 7) is 1.71. The Morgan fingerprint density at radius 2 is 2.16 bits per heavy atom. The van der Waals surface area contributed by atoms with Crippen LogP contribution in [0.4, 0.5) is 0 Å². The lowest BCUT2D eigenvalue weighted by Crippen LogP contribution is -2.30. The first-order valence-electron chi connectivity index (χ1n) is 6.19. The number of pyridine rings is 1. The maximum absolute atomic E-state index is 4.42. The first-order valence-corrected chi connectivity index (χ1v) is 7.86. The molecule has 0 aliphatic carbocycles. The summed E-state index contributed by atoms with van der Waals surface area (Å²) >= 11 is 5.20. The molecule has 0 spiro atoms. The minimum Gasteiger partial charge on any atom is -0.309 e. The van der Waals surface area contributed by atoms with Gasteiger partial charge in [-0.25, -0.2) is 4.98 Å². The van der Waals surface area contributed by atoms with Gasteiger partial charge in [0.1, 0.15) is 4.60 Å². The molecule has 3 nitrogen and oxygen atoms in total. The number of hydrogen-bond donors (Lipinski definition) is 1. The van der Waals surface area contributed by atoms with Crippen molar-refractivity contribution in [1.29, 1.82) is 0 Å². The lowest BCUT2D eigenvalue weighted by Gasteiger charge is -2.23. The van der Waals surface area contributed by atoms with Gasteiger partial charge in [0.2, 0.25) is 0 Å². The highest BCUT2D eigenvalue weighted by molar-refractivity contribution is 9.10. The predicted molar refractivity (Wildman–Crippen MR) is 84.4 cm³/mol. The molecule has 0 fully saturated rings. The van der Waals surface area contributed by atoms with Gasteiger partial charge >= 0.3 is 0 Å². The Balaban J connectivity index is 1.90. The summed E-state index contributed by atoms with van der Waals surface area (Å²) in [5, 5.41) is 5.61. The van der Waals surface area contributed by atoms with Crippen LogP contribution in [-0.2, 0) is 6.54 Å². The standard InChI is InChI=1S/C14H18BrN3S/c1-18(2)12(13-6-4-8-19-13)10-16-9-11-5-3-7-14(15)17-11/h3-8,12,16H,9-10H2,1-2H3. The minimum atomic E-state index is 0.409. The molecule has 0 amide bonds. The zero-order valence-corrected chi connectivity index (χ0v) is 13.5. The summed E-state index contributed by atoms with van der Waals surface area (Å²) < 4.78 is 0.884. The highest BCUT2D eigenvalue weighted by atomic mass is 79.9. The summed E-state index contributed by atoms with van der Waals surface area (Å²) in [6, 6.07) is 10.7. The van der Waals surface area contributed by atoms with Gasteiger partial charge in [0.05, 0.1) is 11.7 Å². The number of hydrogen-bond acceptors (Lipinski definition) is 4. The van der Waals surface area contributed by atoms with Crippen LogP contribution in [0.1, 0.15) is 16.6 Å². The van der Waals surface area contributed by atoms with Crippen LogP contribution < -0.4 is 5.32 Å². The van der Waals surface area contributed by atoms with Crippen molar-refractivity contribution in [3.05, 3.63) is 50.9 Å². The zero-order valence-electron chi connectivity index (χ0n) is 11.1. The van der Waals surface area contributed by atoms with Crippen molar-refractivity contribution >= 4 is 27.3 Å². The van der Waals surface area contributed by atoms with Crippen LogP contribution in [0.25, 0.3) is 0 Å². The number of thiophene rings is 1. The third-order valence-corrected chi connectivity index (χ3v) is 4.33. The molecule has 1 N–H and O–H groups in total. The van der Waals surface area contributed by atoms with E-state index in [2.05, 4.69) is 62.7 Å². The van der Waals surface area contributed by atoms with Gasteiger partial charge in [-0.2, -0.15) is 0 Å². The highest BCUT2D eigenvalue weighted by Gasteiger charge is 2.14. The number of likely N-dealkylation sites (N-methyl/N-ethyl adjacent to an activating group) is 1. The van der Waals surface area contributed by atoms with E-state index in [0.29, 0.717) is 6.04 Å². The average Bonchev–Trinajstić information content (AvgIpc) is 2.88. The number of nitrogens with one attached hydrogen (secondary N) is 1. The van der Waals surface area contributed by atoms with Gasteiger partial charge in [-0.05, 0) is 53.6 Å². The van der Waals surface area contributed by atoms with Crippen molar-refractivity contribution in [1.82, 2.24) is 15.2 Å². The fourth-order valence-electron chi connectivity index (χ4n) is 1.90. The van der Waals surface area contributed by atoms with Gasteiger partial charge < -0.3 is 10.2 Å². The van der Waals surface area contributed by atoms with Crippen molar-refractivity contribution < 1.29 is 0 Å². The van der Waals surface area contributed by atoms with E-state index in [1.807, 2.05) is 18.2 Å². The topological polar surface area (TPSA) is 28.2 Å². The van der Waals surface area contributed by atoms with Crippen molar-refractivity contribution in [2.24, 2.45) is 0 Å². The molecule has 19 heavy (non-hydrogen) atoms. The number of rotatable bonds is 6. The number of nitrogens with zero attached hydrogens (tertiary/aromatic N) is 2. The molecule has 2 heterocycles. The van der Waals surface area contributed by atoms with Crippen molar-refractivity contribution in [3.63, 3.8) is 0 Å². The van der Waals surface area contributed by atoms with Crippen LogP contribution in [0.3, 0.4) is 0 Å². The van der Waals surface area contributed by atoms with Crippen LogP contribution in [0.15, 0.2) is 40.3 Å². The van der Waals surface area contributed by atoms with E-state index in [9.17, 15) is 0 Å². The van der Waals surface area contributed by atoms with Crippen molar-refractivity contribution in [3.8, 4) is 0 Å². The Kier molecular flexibility index (Phi) is 5.51. The minimum absolute atomic E-state index is 0.409. The lowest BCUT2D eigenvalue weighted by molar-refractivity contribution is 0.292. The smallest absolute Gasteiger partial charge is 0.106 e. The van der Waals surface area contributed by atoms with E-state index in [1.165, 1.54) is 4.88 Å². The second-order valence-corrected chi connectivity index (χ2v) is 6.37. The van der Waals surface area contributed by atoms with E-state index in [0.717, 1.165) is 23.4 Å². The lowest BCUT2D eigenvalue weighted by atomic mass is 10.2. The Labute approximate surface area is 126 Å². The fraction of sp³-hybridized carbons (Fsp3) is 0.357. The largest absolute Gasteiger partial charge is 0.309 e. The molecular weight excluding hydrogens is 322 g/mol. The first kappa shape index (κ1) is 14.7. The molecule has 1 atom stereocenters. The number of aromatic nitrogens is 1. The van der Waals surface area contributed by atoms with E-state index in [-0.39, 0.29) is 0 Å². The summed E-state index contributed by atoms with van der Waals surface area (Å²) in [5.41, 5.74) is 1.05. The Bertz CT molecular complexity index is 499. The molecule has 0 aromatic carbocycles. The predicted octanol–water partition coefficient (Wildman–Crippen LogP) is 3.30. The molecule has 0 saturated heterocycles. The average molecular weight is 340 g/mol. The molecular formula is C14H18BrN3S. The van der Waals surface area contributed by atoms with Crippen LogP contribution in [0.5, 0.6) is 0 Å². The van der Waals surface area contributed by atoms with Crippen LogP contribution in [0.2, 0.25) is 0 Å². The van der Waals surface area contributed by atoms with Crippen molar-refractivity contribution in [2.45, 2.75) is 12.6 Å². The summed E-state index contributed by atoms with van der Waals surface area (Å²) in [6.07, 6.45) is 0. The fourth-order valence-corrected chi connectivity index (χ4v) is 3.21. The van der Waals surface area contributed by atoms with Gasteiger partial charge in [0.25, 0.3) is 0 Å². The maximum Gasteiger partial charge on any atom is 0.106 e. The van der Waals surface area contributed by atoms with E-state index < -0.39 is 0 Å². The summed E-state index contributed by atoms with van der Waals surface area (Å²) in [7, 11) is 4.23. The normalized spacial score (nSPS) is 12.8. The molecule has 2 aromatic rings. The summed E-state index contributed by atoms with van der Waals surface area (Å²) in [5.74, 6) is 0. The molecule has 0 saturated carbocycles. The Morgan fingerprint density at radius 3 is 2.79 bits per heavy atom. The third-order valence-electron chi connectivity index (χ3n) is 2.91. The monoisotopic (exact) mass is 339 g/mol. The highest BCUT2D eigenvalue weighted by Crippen LogP contribution is 2.22. The Hall–Kier alpha value is -0.750. The zero-order chi connectivity index (χ0) is 13.7. The molecule has 2 aromatic heterocycles. The van der Waals surface area contributed by atoms with Gasteiger partial charge in [0.15, 0.2) is 0 Å². The second kappa shape index (κ2) is 7.14. The van der Waals surface area contributed by atoms with Crippen LogP contribution in [-0.4, -0.2) is 30.5 Å². The molecule has 102 valence electrons. The van der Waals surface area contributed by atoms with E-state index >= 15 is 0 Å². The molecule has 0 radical (unpaired) electrons. The van der Waals surface area contributed by atoms with Crippen LogP contribution in [0, 0.1) is 0 Å². The summed E-state index contributed by atoms with van der Waals surface area (Å²) in [4.78, 5) is 8.05. The van der Waals surface area contributed by atoms with E-state index in [4.69, 9.17) is 0 Å². The van der Waals surface area contributed by atoms with E-state index in [1.54, 1.807) is 11.3 Å². The van der Waals surface area contributed by atoms with Gasteiger partial charge in [-0.15, -0.1) is 11.3 Å². The van der Waals surface area contributed by atoms with Gasteiger partial charge in [0, 0.05) is 18.0 Å². The number of halogens is 1. The molecule has 2 rings (SSSR count). The second-order valence-electron chi connectivity index (χ2n) is 4.58. The quantitative estimate of drug-likeness (QED) is 0.818. The molecule has 0 bridgehead atoms. The van der Waals surface area contributed by atoms with Gasteiger partial charge in [-0.3, -0.25) is 0 Å². The SMILES string of the molecule is CN(C)C(CNCc1cccc(Br)n1)c1cccs1. The molecule has 1 unspecified atom stereocenters. The first-order chi connectivity index (χ1) is 9.16. The molecule has 0 aliphatic heterocycles. The van der Waals surface area contributed by atoms with Gasteiger partial charge in [-0.1, -0.05) is 12.1 Å². The van der Waals surface area contributed by atoms with Crippen molar-refractivity contribution in [2.75, 3.05) is 20.6 Å². The Morgan fingerprint density at radius 1 is 1.32 bits per heavy atom. The molecule has 0 aliphatic rings. The van der Waals surface area contributed by atoms with Crippen LogP contribution >= 0.6 is 27.3 Å². The molecule has 5 heteroatoms. The maximum atomic E-state index is 4.42. The third kappa shape index (κ3) is 4.38.